The maximum Gasteiger partial charge on any atom is 0.0482 e. The van der Waals surface area contributed by atoms with Gasteiger partial charge < -0.3 is 5.32 Å². The van der Waals surface area contributed by atoms with Gasteiger partial charge in [-0.3, -0.25) is 9.88 Å². The lowest BCUT2D eigenvalue weighted by atomic mass is 10.0. The van der Waals surface area contributed by atoms with Crippen molar-refractivity contribution >= 4 is 0 Å². The molecule has 1 aliphatic carbocycles. The first-order valence-corrected chi connectivity index (χ1v) is 8.86. The highest BCUT2D eigenvalue weighted by atomic mass is 15.2. The van der Waals surface area contributed by atoms with Gasteiger partial charge in [-0.25, -0.2) is 0 Å². The van der Waals surface area contributed by atoms with E-state index in [0.717, 1.165) is 6.67 Å². The van der Waals surface area contributed by atoms with Crippen LogP contribution < -0.4 is 5.32 Å². The SMILES string of the molecule is c1cncc(-c2ccc([C@H]3C[C@@H]3NCN3CCCCC3)cc2)c1. The molecule has 1 aromatic heterocycles. The molecular weight excluding hydrogens is 282 g/mol. The smallest absolute Gasteiger partial charge is 0.0482 e. The third-order valence-electron chi connectivity index (χ3n) is 5.15. The number of aromatic nitrogens is 1. The number of hydrogen-bond acceptors (Lipinski definition) is 3. The van der Waals surface area contributed by atoms with Crippen LogP contribution in [0.25, 0.3) is 11.1 Å². The van der Waals surface area contributed by atoms with Crippen LogP contribution >= 0.6 is 0 Å². The van der Waals surface area contributed by atoms with Crippen molar-refractivity contribution in [1.29, 1.82) is 0 Å². The quantitative estimate of drug-likeness (QED) is 0.914. The number of nitrogens with zero attached hydrogens (tertiary/aromatic N) is 2. The van der Waals surface area contributed by atoms with E-state index in [2.05, 4.69) is 45.5 Å². The summed E-state index contributed by atoms with van der Waals surface area (Å²) < 4.78 is 0. The highest BCUT2D eigenvalue weighted by Gasteiger charge is 2.38. The minimum atomic E-state index is 0.668. The molecule has 1 aromatic carbocycles. The number of hydrogen-bond donors (Lipinski definition) is 1. The number of nitrogens with one attached hydrogen (secondary N) is 1. The third kappa shape index (κ3) is 3.62. The number of pyridine rings is 1. The van der Waals surface area contributed by atoms with Gasteiger partial charge in [0, 0.05) is 31.0 Å². The molecule has 120 valence electrons. The molecule has 2 atom stereocenters. The molecule has 0 bridgehead atoms. The summed E-state index contributed by atoms with van der Waals surface area (Å²) in [4.78, 5) is 6.76. The summed E-state index contributed by atoms with van der Waals surface area (Å²) in [6.07, 6.45) is 9.17. The van der Waals surface area contributed by atoms with Gasteiger partial charge in [-0.05, 0) is 55.1 Å². The van der Waals surface area contributed by atoms with Crippen LogP contribution in [0, 0.1) is 0 Å². The van der Waals surface area contributed by atoms with Crippen molar-refractivity contribution < 1.29 is 0 Å². The normalized spacial score (nSPS) is 24.5. The second-order valence-electron chi connectivity index (χ2n) is 6.85. The van der Waals surface area contributed by atoms with Crippen LogP contribution in [-0.4, -0.2) is 35.7 Å². The minimum absolute atomic E-state index is 0.668. The van der Waals surface area contributed by atoms with E-state index < -0.39 is 0 Å². The van der Waals surface area contributed by atoms with Gasteiger partial charge in [0.25, 0.3) is 0 Å². The van der Waals surface area contributed by atoms with E-state index in [-0.39, 0.29) is 0 Å². The molecule has 2 heterocycles. The molecule has 0 radical (unpaired) electrons. The Labute approximate surface area is 138 Å². The number of rotatable bonds is 5. The Hall–Kier alpha value is -1.71. The lowest BCUT2D eigenvalue weighted by Gasteiger charge is -2.26. The van der Waals surface area contributed by atoms with Crippen molar-refractivity contribution in [2.24, 2.45) is 0 Å². The molecule has 0 spiro atoms. The molecule has 2 aromatic rings. The largest absolute Gasteiger partial charge is 0.301 e. The molecule has 0 unspecified atom stereocenters. The second-order valence-corrected chi connectivity index (χ2v) is 6.85. The number of likely N-dealkylation sites (tertiary alicyclic amines) is 1. The molecule has 4 rings (SSSR count). The maximum atomic E-state index is 4.20. The van der Waals surface area contributed by atoms with Crippen molar-refractivity contribution in [3.63, 3.8) is 0 Å². The summed E-state index contributed by atoms with van der Waals surface area (Å²) in [7, 11) is 0. The summed E-state index contributed by atoms with van der Waals surface area (Å²) in [6, 6.07) is 13.8. The van der Waals surface area contributed by atoms with Gasteiger partial charge in [0.2, 0.25) is 0 Å². The zero-order chi connectivity index (χ0) is 15.5. The molecule has 0 amide bonds. The summed E-state index contributed by atoms with van der Waals surface area (Å²) >= 11 is 0. The molecular formula is C20H25N3. The molecule has 23 heavy (non-hydrogen) atoms. The van der Waals surface area contributed by atoms with Gasteiger partial charge in [0.1, 0.15) is 0 Å². The first-order valence-electron chi connectivity index (χ1n) is 8.86. The fraction of sp³-hybridized carbons (Fsp3) is 0.450. The molecule has 1 saturated carbocycles. The van der Waals surface area contributed by atoms with E-state index in [0.29, 0.717) is 12.0 Å². The van der Waals surface area contributed by atoms with Gasteiger partial charge in [0.05, 0.1) is 0 Å². The molecule has 2 fully saturated rings. The second kappa shape index (κ2) is 6.81. The molecule has 1 N–H and O–H groups in total. The van der Waals surface area contributed by atoms with Gasteiger partial charge in [-0.15, -0.1) is 0 Å². The first-order chi connectivity index (χ1) is 11.4. The predicted molar refractivity (Wildman–Crippen MR) is 94.2 cm³/mol. The summed E-state index contributed by atoms with van der Waals surface area (Å²) in [5.41, 5.74) is 3.91. The molecule has 2 aliphatic rings. The Morgan fingerprint density at radius 1 is 1.00 bits per heavy atom. The van der Waals surface area contributed by atoms with Crippen LogP contribution in [0.5, 0.6) is 0 Å². The lowest BCUT2D eigenvalue weighted by molar-refractivity contribution is 0.211. The van der Waals surface area contributed by atoms with Crippen LogP contribution in [-0.2, 0) is 0 Å². The monoisotopic (exact) mass is 307 g/mol. The van der Waals surface area contributed by atoms with Crippen molar-refractivity contribution in [2.75, 3.05) is 19.8 Å². The van der Waals surface area contributed by atoms with E-state index in [1.165, 1.54) is 55.5 Å². The van der Waals surface area contributed by atoms with E-state index in [9.17, 15) is 0 Å². The summed E-state index contributed by atoms with van der Waals surface area (Å²) in [5.74, 6) is 0.697. The van der Waals surface area contributed by atoms with Crippen LogP contribution in [0.1, 0.15) is 37.2 Å². The number of piperidine rings is 1. The van der Waals surface area contributed by atoms with Crippen LogP contribution in [0.2, 0.25) is 0 Å². The van der Waals surface area contributed by atoms with Crippen LogP contribution in [0.3, 0.4) is 0 Å². The topological polar surface area (TPSA) is 28.2 Å². The number of benzene rings is 1. The van der Waals surface area contributed by atoms with Crippen LogP contribution in [0.15, 0.2) is 48.8 Å². The van der Waals surface area contributed by atoms with Crippen LogP contribution in [0.4, 0.5) is 0 Å². The Kier molecular flexibility index (Phi) is 4.40. The zero-order valence-electron chi connectivity index (χ0n) is 13.6. The highest BCUT2D eigenvalue weighted by molar-refractivity contribution is 5.62. The van der Waals surface area contributed by atoms with Gasteiger partial charge >= 0.3 is 0 Å². The Balaban J connectivity index is 1.31. The summed E-state index contributed by atoms with van der Waals surface area (Å²) in [6.45, 7) is 3.60. The Morgan fingerprint density at radius 3 is 2.57 bits per heavy atom. The third-order valence-corrected chi connectivity index (χ3v) is 5.15. The standard InChI is InChI=1S/C20H25N3/c1-2-11-23(12-3-1)15-22-20-13-19(20)17-8-6-16(7-9-17)18-5-4-10-21-14-18/h4-10,14,19-20,22H,1-3,11-13,15H2/t19-,20+/m1/s1. The van der Waals surface area contributed by atoms with Gasteiger partial charge in [-0.2, -0.15) is 0 Å². The van der Waals surface area contributed by atoms with Crippen molar-refractivity contribution in [3.05, 3.63) is 54.4 Å². The summed E-state index contributed by atoms with van der Waals surface area (Å²) in [5, 5.41) is 3.74. The Morgan fingerprint density at radius 2 is 1.83 bits per heavy atom. The predicted octanol–water partition coefficient (Wildman–Crippen LogP) is 3.64. The zero-order valence-corrected chi connectivity index (χ0v) is 13.6. The van der Waals surface area contributed by atoms with Crippen molar-refractivity contribution in [2.45, 2.75) is 37.6 Å². The maximum absolute atomic E-state index is 4.20. The molecule has 3 heteroatoms. The van der Waals surface area contributed by atoms with E-state index >= 15 is 0 Å². The average molecular weight is 307 g/mol. The average Bonchev–Trinajstić information content (AvgIpc) is 3.41. The first kappa shape index (κ1) is 14.9. The molecule has 1 saturated heterocycles. The van der Waals surface area contributed by atoms with E-state index in [1.807, 2.05) is 18.5 Å². The fourth-order valence-electron chi connectivity index (χ4n) is 3.61. The highest BCUT2D eigenvalue weighted by Crippen LogP contribution is 2.41. The minimum Gasteiger partial charge on any atom is -0.301 e. The van der Waals surface area contributed by atoms with E-state index in [4.69, 9.17) is 0 Å². The Bertz CT molecular complexity index is 617. The molecule has 1 aliphatic heterocycles. The van der Waals surface area contributed by atoms with E-state index in [1.54, 1.807) is 0 Å². The van der Waals surface area contributed by atoms with Crippen molar-refractivity contribution in [1.82, 2.24) is 15.2 Å². The van der Waals surface area contributed by atoms with Gasteiger partial charge in [0.15, 0.2) is 0 Å². The van der Waals surface area contributed by atoms with Crippen molar-refractivity contribution in [3.8, 4) is 11.1 Å². The van der Waals surface area contributed by atoms with Gasteiger partial charge in [-0.1, -0.05) is 36.8 Å². The molecule has 3 nitrogen and oxygen atoms in total. The lowest BCUT2D eigenvalue weighted by Crippen LogP contribution is -2.38. The fourth-order valence-corrected chi connectivity index (χ4v) is 3.61.